The molecule has 2 rings (SSSR count). The molecule has 2 aromatic rings. The number of benzene rings is 1. The third-order valence-corrected chi connectivity index (χ3v) is 5.66. The van der Waals surface area contributed by atoms with E-state index in [4.69, 9.17) is 10.8 Å². The number of H-pyrrole nitrogens is 1. The van der Waals surface area contributed by atoms with Crippen LogP contribution in [0.15, 0.2) is 36.8 Å². The number of hydrogen-bond acceptors (Lipinski definition) is 9. The number of phenolic OH excluding ortho intramolecular Hbond substituents is 1. The van der Waals surface area contributed by atoms with Crippen molar-refractivity contribution in [3.05, 3.63) is 48.0 Å². The summed E-state index contributed by atoms with van der Waals surface area (Å²) >= 11 is 0. The first-order valence-corrected chi connectivity index (χ1v) is 11.9. The molecule has 3 amide bonds. The molecule has 39 heavy (non-hydrogen) atoms. The lowest BCUT2D eigenvalue weighted by Crippen LogP contribution is -2.60. The Labute approximate surface area is 222 Å². The van der Waals surface area contributed by atoms with Gasteiger partial charge < -0.3 is 47.1 Å². The van der Waals surface area contributed by atoms with Gasteiger partial charge >= 0.3 is 11.9 Å². The minimum Gasteiger partial charge on any atom is -0.508 e. The number of phenols is 1. The molecule has 1 heterocycles. The van der Waals surface area contributed by atoms with Crippen molar-refractivity contribution in [3.63, 3.8) is 0 Å². The highest BCUT2D eigenvalue weighted by atomic mass is 16.4. The summed E-state index contributed by atoms with van der Waals surface area (Å²) in [6.07, 6.45) is 0.207. The summed E-state index contributed by atoms with van der Waals surface area (Å²) in [7, 11) is 0. The first kappa shape index (κ1) is 30.7. The first-order valence-electron chi connectivity index (χ1n) is 11.9. The number of rotatable bonds is 15. The van der Waals surface area contributed by atoms with Gasteiger partial charge in [-0.3, -0.25) is 19.2 Å². The van der Waals surface area contributed by atoms with Crippen LogP contribution in [0.2, 0.25) is 0 Å². The van der Waals surface area contributed by atoms with Crippen molar-refractivity contribution in [1.29, 1.82) is 0 Å². The maximum Gasteiger partial charge on any atom is 0.326 e. The molecular formula is C24H32N6O9. The smallest absolute Gasteiger partial charge is 0.326 e. The lowest BCUT2D eigenvalue weighted by atomic mass is 10.0. The van der Waals surface area contributed by atoms with Crippen molar-refractivity contribution >= 4 is 29.7 Å². The Morgan fingerprint density at radius 1 is 0.949 bits per heavy atom. The average Bonchev–Trinajstić information content (AvgIpc) is 3.38. The van der Waals surface area contributed by atoms with Gasteiger partial charge in [-0.25, -0.2) is 9.78 Å². The van der Waals surface area contributed by atoms with Crippen LogP contribution in [0.25, 0.3) is 0 Å². The molecule has 0 aliphatic rings. The molecule has 15 heteroatoms. The predicted molar refractivity (Wildman–Crippen MR) is 134 cm³/mol. The number of nitrogens with one attached hydrogen (secondary N) is 4. The van der Waals surface area contributed by atoms with Gasteiger partial charge in [-0.1, -0.05) is 12.1 Å². The van der Waals surface area contributed by atoms with Gasteiger partial charge in [0.25, 0.3) is 0 Å². The van der Waals surface area contributed by atoms with Crippen LogP contribution in [0, 0.1) is 0 Å². The van der Waals surface area contributed by atoms with Gasteiger partial charge in [-0.15, -0.1) is 0 Å². The van der Waals surface area contributed by atoms with Crippen LogP contribution in [0.5, 0.6) is 5.75 Å². The number of carbonyl (C=O) groups is 5. The van der Waals surface area contributed by atoms with E-state index in [0.717, 1.165) is 0 Å². The topological polar surface area (TPSA) is 257 Å². The standard InChI is InChI=1S/C24H32N6O9/c1-12(31)20(30-21(35)16(25)8-13-2-4-15(32)5-3-13)23(37)28-17(6-7-19(33)34)22(36)29-18(24(38)39)9-14-10-26-11-27-14/h2-5,10-12,16-18,20,31-32H,6-9,25H2,1H3,(H,26,27)(H,28,37)(H,29,36)(H,30,35)(H,33,34)(H,38,39). The number of aliphatic hydroxyl groups is 1. The summed E-state index contributed by atoms with van der Waals surface area (Å²) in [5.41, 5.74) is 6.96. The van der Waals surface area contributed by atoms with Crippen molar-refractivity contribution in [3.8, 4) is 5.75 Å². The maximum atomic E-state index is 13.0. The van der Waals surface area contributed by atoms with Gasteiger partial charge in [-0.2, -0.15) is 0 Å². The van der Waals surface area contributed by atoms with Gasteiger partial charge in [0.2, 0.25) is 17.7 Å². The van der Waals surface area contributed by atoms with Crippen LogP contribution in [0.1, 0.15) is 31.0 Å². The second-order valence-corrected chi connectivity index (χ2v) is 8.88. The Morgan fingerprint density at radius 2 is 1.59 bits per heavy atom. The van der Waals surface area contributed by atoms with Crippen molar-refractivity contribution in [2.75, 3.05) is 0 Å². The van der Waals surface area contributed by atoms with Crippen molar-refractivity contribution in [2.45, 2.75) is 62.9 Å². The Balaban J connectivity index is 2.10. The molecule has 1 aromatic carbocycles. The number of nitrogens with zero attached hydrogens (tertiary/aromatic N) is 1. The molecular weight excluding hydrogens is 516 g/mol. The molecule has 1 aromatic heterocycles. The number of carboxylic acid groups (broad SMARTS) is 2. The second-order valence-electron chi connectivity index (χ2n) is 8.88. The number of carbonyl (C=O) groups excluding carboxylic acids is 3. The van der Waals surface area contributed by atoms with Crippen LogP contribution in [-0.2, 0) is 36.8 Å². The van der Waals surface area contributed by atoms with Gasteiger partial charge in [0, 0.05) is 24.7 Å². The van der Waals surface area contributed by atoms with E-state index in [-0.39, 0.29) is 18.6 Å². The molecule has 5 unspecified atom stereocenters. The van der Waals surface area contributed by atoms with Crippen LogP contribution in [0.4, 0.5) is 0 Å². The van der Waals surface area contributed by atoms with E-state index in [1.165, 1.54) is 31.6 Å². The van der Waals surface area contributed by atoms with E-state index in [2.05, 4.69) is 25.9 Å². The van der Waals surface area contributed by atoms with E-state index in [1.54, 1.807) is 12.1 Å². The number of aromatic hydroxyl groups is 1. The summed E-state index contributed by atoms with van der Waals surface area (Å²) in [5, 5.41) is 44.9. The van der Waals surface area contributed by atoms with Crippen LogP contribution < -0.4 is 21.7 Å². The zero-order valence-electron chi connectivity index (χ0n) is 21.0. The van der Waals surface area contributed by atoms with Crippen molar-refractivity contribution in [1.82, 2.24) is 25.9 Å². The molecule has 10 N–H and O–H groups in total. The molecule has 0 aliphatic heterocycles. The number of hydrogen-bond donors (Lipinski definition) is 9. The minimum atomic E-state index is -1.57. The monoisotopic (exact) mass is 548 g/mol. The molecule has 15 nitrogen and oxygen atoms in total. The number of carboxylic acids is 2. The number of aliphatic hydroxyl groups excluding tert-OH is 1. The Kier molecular flexibility index (Phi) is 11.4. The van der Waals surface area contributed by atoms with E-state index < -0.39 is 72.8 Å². The molecule has 0 aliphatic carbocycles. The summed E-state index contributed by atoms with van der Waals surface area (Å²) < 4.78 is 0. The Bertz CT molecular complexity index is 1140. The highest BCUT2D eigenvalue weighted by molar-refractivity contribution is 5.94. The average molecular weight is 549 g/mol. The Hall–Kier alpha value is -4.50. The molecule has 212 valence electrons. The largest absolute Gasteiger partial charge is 0.508 e. The molecule has 0 saturated heterocycles. The third-order valence-electron chi connectivity index (χ3n) is 5.66. The summed E-state index contributed by atoms with van der Waals surface area (Å²) in [6.45, 7) is 1.22. The van der Waals surface area contributed by atoms with Crippen LogP contribution in [0.3, 0.4) is 0 Å². The second kappa shape index (κ2) is 14.4. The zero-order chi connectivity index (χ0) is 29.1. The molecule has 0 bridgehead atoms. The first-order chi connectivity index (χ1) is 18.4. The highest BCUT2D eigenvalue weighted by Gasteiger charge is 2.33. The number of amides is 3. The quantitative estimate of drug-likeness (QED) is 0.118. The molecule has 0 radical (unpaired) electrons. The number of aromatic nitrogens is 2. The number of aromatic amines is 1. The highest BCUT2D eigenvalue weighted by Crippen LogP contribution is 2.11. The fraction of sp³-hybridized carbons (Fsp3) is 0.417. The Morgan fingerprint density at radius 3 is 2.13 bits per heavy atom. The van der Waals surface area contributed by atoms with E-state index in [9.17, 15) is 39.3 Å². The van der Waals surface area contributed by atoms with Crippen LogP contribution in [-0.4, -0.2) is 90.3 Å². The van der Waals surface area contributed by atoms with Gasteiger partial charge in [-0.05, 0) is 37.5 Å². The predicted octanol–water partition coefficient (Wildman–Crippen LogP) is -1.99. The third kappa shape index (κ3) is 10.1. The SMILES string of the molecule is CC(O)C(NC(=O)C(N)Cc1ccc(O)cc1)C(=O)NC(CCC(=O)O)C(=O)NC(Cc1cnc[nH]1)C(=O)O. The van der Waals surface area contributed by atoms with Gasteiger partial charge in [0.05, 0.1) is 18.5 Å². The molecule has 5 atom stereocenters. The summed E-state index contributed by atoms with van der Waals surface area (Å²) in [4.78, 5) is 67.7. The summed E-state index contributed by atoms with van der Waals surface area (Å²) in [6, 6.07) is 0.329. The van der Waals surface area contributed by atoms with Gasteiger partial charge in [0.15, 0.2) is 0 Å². The lowest BCUT2D eigenvalue weighted by Gasteiger charge is -2.26. The minimum absolute atomic E-state index is 0.0279. The molecule has 0 saturated carbocycles. The zero-order valence-corrected chi connectivity index (χ0v) is 21.0. The summed E-state index contributed by atoms with van der Waals surface area (Å²) in [5.74, 6) is -5.40. The van der Waals surface area contributed by atoms with Crippen LogP contribution >= 0.6 is 0 Å². The van der Waals surface area contributed by atoms with E-state index in [1.807, 2.05) is 0 Å². The van der Waals surface area contributed by atoms with E-state index in [0.29, 0.717) is 11.3 Å². The van der Waals surface area contributed by atoms with Gasteiger partial charge in [0.1, 0.15) is 23.9 Å². The lowest BCUT2D eigenvalue weighted by molar-refractivity contribution is -0.143. The molecule has 0 fully saturated rings. The fourth-order valence-corrected chi connectivity index (χ4v) is 3.53. The normalized spacial score (nSPS) is 14.7. The van der Waals surface area contributed by atoms with Crippen molar-refractivity contribution < 1.29 is 44.4 Å². The molecule has 0 spiro atoms. The van der Waals surface area contributed by atoms with Crippen molar-refractivity contribution in [2.24, 2.45) is 5.73 Å². The number of aliphatic carboxylic acids is 2. The fourth-order valence-electron chi connectivity index (χ4n) is 3.53. The number of imidazole rings is 1. The maximum absolute atomic E-state index is 13.0. The number of nitrogens with two attached hydrogens (primary N) is 1. The van der Waals surface area contributed by atoms with E-state index >= 15 is 0 Å².